The Morgan fingerprint density at radius 1 is 0.267 bits per heavy atom. The number of aryl methyl sites for hydroxylation is 6. The summed E-state index contributed by atoms with van der Waals surface area (Å²) in [5, 5.41) is 0. The molecule has 0 aliphatic carbocycles. The van der Waals surface area contributed by atoms with Gasteiger partial charge in [0, 0.05) is 47.8 Å². The van der Waals surface area contributed by atoms with Crippen LogP contribution in [0.2, 0.25) is 0 Å². The highest BCUT2D eigenvalue weighted by atomic mass is 15.3. The van der Waals surface area contributed by atoms with E-state index in [1.165, 1.54) is 33.4 Å². The van der Waals surface area contributed by atoms with Gasteiger partial charge in [-0.2, -0.15) is 0 Å². The lowest BCUT2D eigenvalue weighted by Crippen LogP contribution is -2.20. The summed E-state index contributed by atoms with van der Waals surface area (Å²) in [4.78, 5) is 28.4. The maximum atomic E-state index is 5.77. The summed E-state index contributed by atoms with van der Waals surface area (Å²) in [6.45, 7) is 27.5. The van der Waals surface area contributed by atoms with Crippen LogP contribution in [0.1, 0.15) is 155 Å². The minimum Gasteiger partial charge on any atom is -0.295 e. The zero-order valence-electron chi connectivity index (χ0n) is 47.9. The highest BCUT2D eigenvalue weighted by Crippen LogP contribution is 2.43. The van der Waals surface area contributed by atoms with Crippen LogP contribution in [0.15, 0.2) is 140 Å². The Morgan fingerprint density at radius 2 is 0.507 bits per heavy atom. The molecular weight excluding hydrogens is 915 g/mol. The van der Waals surface area contributed by atoms with Crippen LogP contribution in [0.5, 0.6) is 0 Å². The molecule has 0 radical (unpaired) electrons. The normalized spacial score (nSPS) is 11.8. The average Bonchev–Trinajstić information content (AvgIpc) is 3.40. The van der Waals surface area contributed by atoms with Crippen LogP contribution in [-0.4, -0.2) is 19.9 Å². The molecule has 0 aliphatic rings. The molecule has 4 heterocycles. The van der Waals surface area contributed by atoms with Gasteiger partial charge in [-0.05, 0) is 201 Å². The van der Waals surface area contributed by atoms with E-state index in [1.54, 1.807) is 0 Å². The Bertz CT molecular complexity index is 2270. The number of hydrogen-bond donors (Lipinski definition) is 0. The Labute approximate surface area is 453 Å². The fourth-order valence-corrected chi connectivity index (χ4v) is 9.28. The van der Waals surface area contributed by atoms with Crippen molar-refractivity contribution in [1.29, 1.82) is 0 Å². The molecule has 0 bridgehead atoms. The third-order valence-corrected chi connectivity index (χ3v) is 14.3. The van der Waals surface area contributed by atoms with Gasteiger partial charge in [0.05, 0.1) is 5.69 Å². The molecule has 0 saturated heterocycles. The monoisotopic (exact) mass is 1000 g/mol. The molecule has 7 rings (SSSR count). The summed E-state index contributed by atoms with van der Waals surface area (Å²) in [7, 11) is 0. The summed E-state index contributed by atoms with van der Waals surface area (Å²) < 4.78 is 0. The second-order valence-corrected chi connectivity index (χ2v) is 23.7. The van der Waals surface area contributed by atoms with E-state index in [9.17, 15) is 0 Å². The molecule has 4 aromatic heterocycles. The topological polar surface area (TPSA) is 61.3 Å². The van der Waals surface area contributed by atoms with Gasteiger partial charge in [-0.3, -0.25) is 14.7 Å². The first-order chi connectivity index (χ1) is 36.1. The van der Waals surface area contributed by atoms with Crippen LogP contribution in [0.25, 0.3) is 0 Å². The molecule has 7 heteroatoms. The molecule has 0 aliphatic heterocycles. The van der Waals surface area contributed by atoms with Gasteiger partial charge in [-0.25, -0.2) is 19.9 Å². The lowest BCUT2D eigenvalue weighted by Gasteiger charge is -2.31. The van der Waals surface area contributed by atoms with Gasteiger partial charge in [-0.1, -0.05) is 138 Å². The van der Waals surface area contributed by atoms with Gasteiger partial charge < -0.3 is 0 Å². The zero-order valence-corrected chi connectivity index (χ0v) is 47.9. The van der Waals surface area contributed by atoms with Gasteiger partial charge in [0.25, 0.3) is 0 Å². The van der Waals surface area contributed by atoms with E-state index in [2.05, 4.69) is 238 Å². The summed E-state index contributed by atoms with van der Waals surface area (Å²) in [5.74, 6) is 7.61. The van der Waals surface area contributed by atoms with Crippen LogP contribution in [0.3, 0.4) is 0 Å². The number of nitrogens with zero attached hydrogens (tertiary/aromatic N) is 7. The lowest BCUT2D eigenvalue weighted by molar-refractivity contribution is 0.586. The highest BCUT2D eigenvalue weighted by molar-refractivity contribution is 5.84. The molecule has 0 spiro atoms. The van der Waals surface area contributed by atoms with Gasteiger partial charge in [0.15, 0.2) is 0 Å². The van der Waals surface area contributed by atoms with Crippen molar-refractivity contribution in [3.63, 3.8) is 0 Å². The maximum absolute atomic E-state index is 5.77. The van der Waals surface area contributed by atoms with Crippen LogP contribution >= 0.6 is 0 Å². The molecule has 0 fully saturated rings. The van der Waals surface area contributed by atoms with Gasteiger partial charge in [0.1, 0.15) is 29.1 Å². The minimum absolute atomic E-state index is 0.607. The molecule has 7 aromatic rings. The van der Waals surface area contributed by atoms with Crippen molar-refractivity contribution in [3.05, 3.63) is 173 Å². The lowest BCUT2D eigenvalue weighted by atomic mass is 10.0. The van der Waals surface area contributed by atoms with Crippen molar-refractivity contribution < 1.29 is 0 Å². The van der Waals surface area contributed by atoms with Crippen LogP contribution < -0.4 is 14.7 Å². The summed E-state index contributed by atoms with van der Waals surface area (Å²) in [6.07, 6.45) is 19.0. The van der Waals surface area contributed by atoms with Gasteiger partial charge >= 0.3 is 0 Å². The molecule has 3 aromatic carbocycles. The first-order valence-electron chi connectivity index (χ1n) is 28.6. The summed E-state index contributed by atoms with van der Waals surface area (Å²) in [5.41, 5.74) is 11.6. The van der Waals surface area contributed by atoms with Crippen molar-refractivity contribution in [2.75, 3.05) is 14.7 Å². The number of hydrogen-bond acceptors (Lipinski definition) is 7. The zero-order chi connectivity index (χ0) is 53.4. The Morgan fingerprint density at radius 3 is 0.760 bits per heavy atom. The summed E-state index contributed by atoms with van der Waals surface area (Å²) in [6, 6.07) is 44.9. The molecule has 0 amide bonds. The molecule has 0 saturated carbocycles. The smallest absolute Gasteiger partial charge is 0.143 e. The quantitative estimate of drug-likeness (QED) is 0.0509. The van der Waals surface area contributed by atoms with Crippen molar-refractivity contribution in [1.82, 2.24) is 19.9 Å². The molecule has 75 heavy (non-hydrogen) atoms. The fraction of sp³-hybridized carbons (Fsp3) is 0.441. The van der Waals surface area contributed by atoms with Gasteiger partial charge in [0.2, 0.25) is 0 Å². The number of pyridine rings is 4. The second-order valence-electron chi connectivity index (χ2n) is 23.7. The van der Waals surface area contributed by atoms with E-state index in [4.69, 9.17) is 19.9 Å². The largest absolute Gasteiger partial charge is 0.295 e. The predicted octanol–water partition coefficient (Wildman–Crippen LogP) is 19.2. The molecule has 0 N–H and O–H groups in total. The molecule has 396 valence electrons. The minimum atomic E-state index is 0.607. The first-order valence-corrected chi connectivity index (χ1v) is 28.6. The Kier molecular flexibility index (Phi) is 20.6. The van der Waals surface area contributed by atoms with Crippen LogP contribution in [0.4, 0.5) is 51.8 Å². The number of anilines is 9. The van der Waals surface area contributed by atoms with E-state index in [1.807, 2.05) is 0 Å². The van der Waals surface area contributed by atoms with Crippen molar-refractivity contribution in [3.8, 4) is 0 Å². The van der Waals surface area contributed by atoms with Crippen molar-refractivity contribution >= 4 is 51.8 Å². The third kappa shape index (κ3) is 16.8. The number of aromatic nitrogens is 4. The maximum Gasteiger partial charge on any atom is 0.143 e. The first kappa shape index (κ1) is 56.4. The number of rotatable bonds is 27. The molecule has 0 unspecified atom stereocenters. The Balaban J connectivity index is 1.49. The van der Waals surface area contributed by atoms with E-state index in [0.29, 0.717) is 35.5 Å². The van der Waals surface area contributed by atoms with Crippen molar-refractivity contribution in [2.45, 2.75) is 160 Å². The second kappa shape index (κ2) is 27.4. The SMILES string of the molecule is CC(C)CCc1ccc(N(c2cc(N(c3ccc(CCC(C)C)cc3)c3ccc(CCC(C)C)cn3)nc(N(c3ccc(CCC(C)C)cc3)c3ccc(CCC(C)C)cn3)c2)c2ccc(CCC(C)C)cn2)cc1. The highest BCUT2D eigenvalue weighted by Gasteiger charge is 2.25. The van der Waals surface area contributed by atoms with E-state index < -0.39 is 0 Å². The average molecular weight is 1000 g/mol. The van der Waals surface area contributed by atoms with E-state index >= 15 is 0 Å². The Hall–Kier alpha value is -6.34. The predicted molar refractivity (Wildman–Crippen MR) is 321 cm³/mol. The molecular formula is C68H89N7. The number of benzene rings is 3. The van der Waals surface area contributed by atoms with Crippen molar-refractivity contribution in [2.24, 2.45) is 35.5 Å². The third-order valence-electron chi connectivity index (χ3n) is 14.3. The summed E-state index contributed by atoms with van der Waals surface area (Å²) >= 11 is 0. The molecule has 7 nitrogen and oxygen atoms in total. The molecule has 0 atom stereocenters. The standard InChI is InChI=1S/C68H89N7/c1-48(2)13-19-54-25-34-60(35-26-54)73(64-40-31-57(45-69-64)22-16-51(7)8)63-43-67(74(61-36-27-55(28-37-61)20-14-49(3)4)65-41-32-58(46-70-65)23-17-52(9)10)72-68(44-63)75(62-38-29-56(30-39-62)21-15-50(5)6)66-42-33-59(47-71-66)24-18-53(11)12/h25-53H,13-24H2,1-12H3. The van der Waals surface area contributed by atoms with E-state index in [0.717, 1.165) is 129 Å². The fourth-order valence-electron chi connectivity index (χ4n) is 9.28. The van der Waals surface area contributed by atoms with Crippen LogP contribution in [0, 0.1) is 35.5 Å². The van der Waals surface area contributed by atoms with Gasteiger partial charge in [-0.15, -0.1) is 0 Å². The van der Waals surface area contributed by atoms with E-state index in [-0.39, 0.29) is 0 Å². The van der Waals surface area contributed by atoms with Crippen LogP contribution in [-0.2, 0) is 38.5 Å².